The number of hydrogen-bond acceptors (Lipinski definition) is 3. The number of fused-ring (bicyclic) bond motifs is 1. The maximum atomic E-state index is 13.2. The fraction of sp³-hybridized carbons (Fsp3) is 0.500. The third-order valence-electron chi connectivity index (χ3n) is 4.43. The van der Waals surface area contributed by atoms with E-state index in [-0.39, 0.29) is 11.4 Å². The van der Waals surface area contributed by atoms with Crippen molar-refractivity contribution in [2.45, 2.75) is 31.3 Å². The number of hydrogen-bond donors (Lipinski definition) is 1. The highest BCUT2D eigenvalue weighted by molar-refractivity contribution is 5.78. The number of nitrogen functional groups attached to an aromatic ring is 1. The number of benzene rings is 1. The first-order valence-electron chi connectivity index (χ1n) is 6.61. The van der Waals surface area contributed by atoms with Crippen LogP contribution in [0.1, 0.15) is 19.3 Å². The molecule has 1 fully saturated rings. The van der Waals surface area contributed by atoms with Crippen molar-refractivity contribution in [3.05, 3.63) is 24.0 Å². The molecule has 5 heteroatoms. The molecular weight excluding hydrogens is 243 g/mol. The van der Waals surface area contributed by atoms with Gasteiger partial charge in [-0.25, -0.2) is 9.37 Å². The minimum absolute atomic E-state index is 0.163. The molecule has 0 saturated heterocycles. The molecule has 1 saturated carbocycles. The van der Waals surface area contributed by atoms with Gasteiger partial charge < -0.3 is 15.2 Å². The molecule has 0 radical (unpaired) electrons. The SMILES string of the molecule is CN(C)C1(Cn2c(N)nc3cc(F)ccc32)CCC1. The van der Waals surface area contributed by atoms with Gasteiger partial charge in [0, 0.05) is 18.2 Å². The van der Waals surface area contributed by atoms with E-state index in [9.17, 15) is 4.39 Å². The Morgan fingerprint density at radius 3 is 2.74 bits per heavy atom. The monoisotopic (exact) mass is 262 g/mol. The zero-order chi connectivity index (χ0) is 13.6. The summed E-state index contributed by atoms with van der Waals surface area (Å²) in [6.07, 6.45) is 3.58. The number of nitrogens with zero attached hydrogens (tertiary/aromatic N) is 3. The minimum Gasteiger partial charge on any atom is -0.369 e. The molecule has 1 aliphatic carbocycles. The van der Waals surface area contributed by atoms with E-state index in [1.165, 1.54) is 31.4 Å². The third kappa shape index (κ3) is 1.89. The van der Waals surface area contributed by atoms with Gasteiger partial charge in [0.05, 0.1) is 11.0 Å². The lowest BCUT2D eigenvalue weighted by molar-refractivity contribution is 0.0440. The molecule has 4 nitrogen and oxygen atoms in total. The summed E-state index contributed by atoms with van der Waals surface area (Å²) in [5.41, 5.74) is 7.70. The molecule has 1 aromatic heterocycles. The topological polar surface area (TPSA) is 47.1 Å². The Kier molecular flexibility index (Phi) is 2.74. The van der Waals surface area contributed by atoms with Crippen LogP contribution in [-0.2, 0) is 6.54 Å². The first-order chi connectivity index (χ1) is 9.02. The third-order valence-corrected chi connectivity index (χ3v) is 4.43. The van der Waals surface area contributed by atoms with Crippen LogP contribution in [-0.4, -0.2) is 34.1 Å². The number of nitrogens with two attached hydrogens (primary N) is 1. The van der Waals surface area contributed by atoms with Gasteiger partial charge >= 0.3 is 0 Å². The maximum absolute atomic E-state index is 13.2. The zero-order valence-corrected chi connectivity index (χ0v) is 11.4. The number of aromatic nitrogens is 2. The lowest BCUT2D eigenvalue weighted by atomic mass is 9.75. The first kappa shape index (κ1) is 12.4. The first-order valence-corrected chi connectivity index (χ1v) is 6.61. The molecule has 0 unspecified atom stereocenters. The van der Waals surface area contributed by atoms with Crippen LogP contribution < -0.4 is 5.73 Å². The summed E-state index contributed by atoms with van der Waals surface area (Å²) in [5.74, 6) is 0.192. The van der Waals surface area contributed by atoms with Crippen LogP contribution in [0.5, 0.6) is 0 Å². The second-order valence-electron chi connectivity index (χ2n) is 5.66. The molecule has 0 aliphatic heterocycles. The Morgan fingerprint density at radius 1 is 1.42 bits per heavy atom. The number of imidazole rings is 1. The van der Waals surface area contributed by atoms with E-state index in [1.54, 1.807) is 6.07 Å². The summed E-state index contributed by atoms with van der Waals surface area (Å²) < 4.78 is 15.2. The molecule has 0 atom stereocenters. The quantitative estimate of drug-likeness (QED) is 0.922. The number of rotatable bonds is 3. The lowest BCUT2D eigenvalue weighted by Gasteiger charge is -2.47. The number of anilines is 1. The molecule has 19 heavy (non-hydrogen) atoms. The van der Waals surface area contributed by atoms with E-state index in [1.807, 2.05) is 4.57 Å². The van der Waals surface area contributed by atoms with Crippen LogP contribution in [0.15, 0.2) is 18.2 Å². The molecule has 2 N–H and O–H groups in total. The lowest BCUT2D eigenvalue weighted by Crippen LogP contribution is -2.53. The van der Waals surface area contributed by atoms with Gasteiger partial charge in [-0.05, 0) is 45.5 Å². The van der Waals surface area contributed by atoms with Crippen LogP contribution in [0.2, 0.25) is 0 Å². The van der Waals surface area contributed by atoms with Crippen molar-refractivity contribution in [1.29, 1.82) is 0 Å². The fourth-order valence-electron chi connectivity index (χ4n) is 2.91. The van der Waals surface area contributed by atoms with Crippen molar-refractivity contribution in [3.63, 3.8) is 0 Å². The Bertz CT molecular complexity index is 613. The predicted octanol–water partition coefficient (Wildman–Crippen LogP) is 2.24. The summed E-state index contributed by atoms with van der Waals surface area (Å²) >= 11 is 0. The van der Waals surface area contributed by atoms with E-state index in [0.717, 1.165) is 12.1 Å². The molecule has 2 aromatic rings. The molecule has 1 aromatic carbocycles. The van der Waals surface area contributed by atoms with E-state index < -0.39 is 0 Å². The van der Waals surface area contributed by atoms with Gasteiger partial charge in [-0.1, -0.05) is 0 Å². The molecular formula is C14H19FN4. The Labute approximate surface area is 112 Å². The van der Waals surface area contributed by atoms with Crippen LogP contribution in [0, 0.1) is 5.82 Å². The number of likely N-dealkylation sites (N-methyl/N-ethyl adjacent to an activating group) is 1. The summed E-state index contributed by atoms with van der Waals surface area (Å²) in [6.45, 7) is 0.813. The molecule has 0 amide bonds. The van der Waals surface area contributed by atoms with Crippen LogP contribution in [0.4, 0.5) is 10.3 Å². The highest BCUT2D eigenvalue weighted by Gasteiger charge is 2.40. The van der Waals surface area contributed by atoms with Crippen molar-refractivity contribution >= 4 is 17.0 Å². The average Bonchev–Trinajstić information content (AvgIpc) is 2.58. The molecule has 0 bridgehead atoms. The predicted molar refractivity (Wildman–Crippen MR) is 74.4 cm³/mol. The van der Waals surface area contributed by atoms with Crippen molar-refractivity contribution in [1.82, 2.24) is 14.5 Å². The molecule has 102 valence electrons. The van der Waals surface area contributed by atoms with Crippen molar-refractivity contribution < 1.29 is 4.39 Å². The fourth-order valence-corrected chi connectivity index (χ4v) is 2.91. The van der Waals surface area contributed by atoms with Crippen molar-refractivity contribution in [2.24, 2.45) is 0 Å². The molecule has 3 rings (SSSR count). The van der Waals surface area contributed by atoms with E-state index >= 15 is 0 Å². The summed E-state index contributed by atoms with van der Waals surface area (Å²) in [6, 6.07) is 4.66. The highest BCUT2D eigenvalue weighted by atomic mass is 19.1. The van der Waals surface area contributed by atoms with E-state index in [4.69, 9.17) is 5.73 Å². The second-order valence-corrected chi connectivity index (χ2v) is 5.66. The van der Waals surface area contributed by atoms with Gasteiger partial charge in [-0.3, -0.25) is 0 Å². The van der Waals surface area contributed by atoms with Crippen molar-refractivity contribution in [2.75, 3.05) is 19.8 Å². The van der Waals surface area contributed by atoms with Crippen molar-refractivity contribution in [3.8, 4) is 0 Å². The average molecular weight is 262 g/mol. The Morgan fingerprint density at radius 2 is 2.16 bits per heavy atom. The van der Waals surface area contributed by atoms with Gasteiger partial charge in [0.15, 0.2) is 0 Å². The van der Waals surface area contributed by atoms with Crippen LogP contribution in [0.3, 0.4) is 0 Å². The molecule has 1 aliphatic rings. The van der Waals surface area contributed by atoms with Gasteiger partial charge in [-0.2, -0.15) is 0 Å². The summed E-state index contributed by atoms with van der Waals surface area (Å²) in [7, 11) is 4.21. The Balaban J connectivity index is 2.03. The molecule has 1 heterocycles. The maximum Gasteiger partial charge on any atom is 0.201 e. The summed E-state index contributed by atoms with van der Waals surface area (Å²) in [4.78, 5) is 6.53. The molecule has 0 spiro atoms. The van der Waals surface area contributed by atoms with Gasteiger partial charge in [0.1, 0.15) is 5.82 Å². The smallest absolute Gasteiger partial charge is 0.201 e. The van der Waals surface area contributed by atoms with Gasteiger partial charge in [-0.15, -0.1) is 0 Å². The standard InChI is InChI=1S/C14H19FN4/c1-18(2)14(6-3-7-14)9-19-12-5-4-10(15)8-11(12)17-13(19)16/h4-5,8H,3,6-7,9H2,1-2H3,(H2,16,17). The highest BCUT2D eigenvalue weighted by Crippen LogP contribution is 2.38. The normalized spacial score (nSPS) is 17.9. The van der Waals surface area contributed by atoms with E-state index in [2.05, 4.69) is 24.0 Å². The van der Waals surface area contributed by atoms with Crippen LogP contribution >= 0.6 is 0 Å². The number of halogens is 1. The zero-order valence-electron chi connectivity index (χ0n) is 11.4. The second kappa shape index (κ2) is 4.20. The van der Waals surface area contributed by atoms with Crippen LogP contribution in [0.25, 0.3) is 11.0 Å². The minimum atomic E-state index is -0.275. The van der Waals surface area contributed by atoms with Gasteiger partial charge in [0.25, 0.3) is 0 Å². The van der Waals surface area contributed by atoms with Gasteiger partial charge in [0.2, 0.25) is 5.95 Å². The van der Waals surface area contributed by atoms with E-state index in [0.29, 0.717) is 11.5 Å². The largest absolute Gasteiger partial charge is 0.369 e. The summed E-state index contributed by atoms with van der Waals surface area (Å²) in [5, 5.41) is 0. The Hall–Kier alpha value is -1.62.